The van der Waals surface area contributed by atoms with Crippen molar-refractivity contribution in [2.45, 2.75) is 6.42 Å². The normalized spacial score (nSPS) is 13.2. The van der Waals surface area contributed by atoms with Crippen molar-refractivity contribution in [1.29, 1.82) is 0 Å². The van der Waals surface area contributed by atoms with Gasteiger partial charge in [0, 0.05) is 22.0 Å². The molecule has 28 heavy (non-hydrogen) atoms. The highest BCUT2D eigenvalue weighted by Crippen LogP contribution is 2.34. The zero-order valence-corrected chi connectivity index (χ0v) is 17.2. The number of nitrogens with zero attached hydrogens (tertiary/aromatic N) is 2. The Bertz CT molecular complexity index is 1040. The largest absolute Gasteiger partial charge is 0.325 e. The van der Waals surface area contributed by atoms with Crippen LogP contribution in [0.4, 0.5) is 17.1 Å². The number of halogens is 1. The van der Waals surface area contributed by atoms with Crippen LogP contribution < -0.4 is 5.32 Å². The van der Waals surface area contributed by atoms with E-state index in [1.807, 2.05) is 35.7 Å². The number of nitrogens with one attached hydrogen (secondary N) is 1. The molecule has 0 aliphatic carbocycles. The molecule has 4 nitrogen and oxygen atoms in total. The quantitative estimate of drug-likeness (QED) is 0.531. The van der Waals surface area contributed by atoms with Crippen LogP contribution in [0.25, 0.3) is 0 Å². The Kier molecular flexibility index (Phi) is 5.90. The lowest BCUT2D eigenvalue weighted by molar-refractivity contribution is -0.113. The first-order valence-electron chi connectivity index (χ1n) is 8.63. The van der Waals surface area contributed by atoms with Gasteiger partial charge in [-0.3, -0.25) is 4.79 Å². The SMILES string of the molecule is O=C(CSC1=Nc2ccccc2N=C(c2cccs2)C1)Nc1ccc(Cl)cc1. The highest BCUT2D eigenvalue weighted by molar-refractivity contribution is 8.14. The molecule has 1 amide bonds. The number of rotatable bonds is 4. The Labute approximate surface area is 176 Å². The number of thioether (sulfide) groups is 1. The summed E-state index contributed by atoms with van der Waals surface area (Å²) in [6.45, 7) is 0. The van der Waals surface area contributed by atoms with Gasteiger partial charge in [-0.1, -0.05) is 29.8 Å². The van der Waals surface area contributed by atoms with Crippen molar-refractivity contribution in [3.8, 4) is 0 Å². The molecule has 1 aromatic heterocycles. The minimum atomic E-state index is -0.0813. The molecule has 2 aromatic carbocycles. The second kappa shape index (κ2) is 8.73. The molecule has 0 saturated heterocycles. The van der Waals surface area contributed by atoms with Gasteiger partial charge in [-0.15, -0.1) is 23.1 Å². The fourth-order valence-corrected chi connectivity index (χ4v) is 4.31. The zero-order chi connectivity index (χ0) is 19.3. The Hall–Kier alpha value is -2.41. The van der Waals surface area contributed by atoms with Crippen molar-refractivity contribution in [3.05, 3.63) is 75.9 Å². The van der Waals surface area contributed by atoms with Crippen LogP contribution in [0.5, 0.6) is 0 Å². The average Bonchev–Trinajstić information content (AvgIpc) is 3.17. The maximum Gasteiger partial charge on any atom is 0.234 e. The van der Waals surface area contributed by atoms with Gasteiger partial charge in [-0.2, -0.15) is 0 Å². The number of aliphatic imine (C=N–C) groups is 2. The third kappa shape index (κ3) is 4.70. The monoisotopic (exact) mass is 425 g/mol. The van der Waals surface area contributed by atoms with Gasteiger partial charge in [-0.25, -0.2) is 9.98 Å². The van der Waals surface area contributed by atoms with Crippen LogP contribution in [-0.2, 0) is 4.79 Å². The average molecular weight is 426 g/mol. The number of hydrogen-bond donors (Lipinski definition) is 1. The first kappa shape index (κ1) is 18.9. The van der Waals surface area contributed by atoms with Crippen LogP contribution in [-0.4, -0.2) is 22.4 Å². The number of carbonyl (C=O) groups excluding carboxylic acids is 1. The van der Waals surface area contributed by atoms with Gasteiger partial charge in [-0.05, 0) is 47.8 Å². The molecule has 0 radical (unpaired) electrons. The van der Waals surface area contributed by atoms with Crippen LogP contribution in [0.2, 0.25) is 5.02 Å². The third-order valence-electron chi connectivity index (χ3n) is 4.00. The van der Waals surface area contributed by atoms with E-state index in [9.17, 15) is 4.79 Å². The summed E-state index contributed by atoms with van der Waals surface area (Å²) in [5.41, 5.74) is 3.38. The Morgan fingerprint density at radius 3 is 2.50 bits per heavy atom. The standard InChI is InChI=1S/C21H16ClN3OS2/c22-14-7-9-15(10-8-14)23-20(26)13-28-21-12-18(19-6-3-11-27-19)24-16-4-1-2-5-17(16)25-21/h1-11H,12-13H2,(H,23,26). The van der Waals surface area contributed by atoms with E-state index in [-0.39, 0.29) is 11.7 Å². The first-order chi connectivity index (χ1) is 13.7. The van der Waals surface area contributed by atoms with Crippen LogP contribution in [0.1, 0.15) is 11.3 Å². The van der Waals surface area contributed by atoms with Crippen LogP contribution in [0.3, 0.4) is 0 Å². The minimum Gasteiger partial charge on any atom is -0.325 e. The molecule has 0 fully saturated rings. The molecule has 1 N–H and O–H groups in total. The van der Waals surface area contributed by atoms with Gasteiger partial charge < -0.3 is 5.32 Å². The predicted molar refractivity (Wildman–Crippen MR) is 121 cm³/mol. The molecule has 7 heteroatoms. The molecule has 1 aliphatic heterocycles. The molecule has 140 valence electrons. The number of hydrogen-bond acceptors (Lipinski definition) is 5. The van der Waals surface area contributed by atoms with Crippen LogP contribution >= 0.6 is 34.7 Å². The summed E-state index contributed by atoms with van der Waals surface area (Å²) in [5.74, 6) is 0.198. The van der Waals surface area contributed by atoms with E-state index in [2.05, 4.69) is 11.4 Å². The molecule has 2 heterocycles. The molecular formula is C21H16ClN3OS2. The number of amides is 1. The number of carbonyl (C=O) groups is 1. The lowest BCUT2D eigenvalue weighted by Gasteiger charge is -2.07. The van der Waals surface area contributed by atoms with E-state index < -0.39 is 0 Å². The van der Waals surface area contributed by atoms with Gasteiger partial charge in [0.25, 0.3) is 0 Å². The molecule has 0 unspecified atom stereocenters. The zero-order valence-electron chi connectivity index (χ0n) is 14.8. The molecule has 0 atom stereocenters. The summed E-state index contributed by atoms with van der Waals surface area (Å²) in [5, 5.41) is 6.44. The highest BCUT2D eigenvalue weighted by Gasteiger charge is 2.17. The van der Waals surface area contributed by atoms with Crippen molar-refractivity contribution < 1.29 is 4.79 Å². The maximum atomic E-state index is 12.3. The molecule has 1 aliphatic rings. The number of benzene rings is 2. The number of anilines is 1. The van der Waals surface area contributed by atoms with Gasteiger partial charge in [0.2, 0.25) is 5.91 Å². The van der Waals surface area contributed by atoms with Gasteiger partial charge in [0.15, 0.2) is 0 Å². The van der Waals surface area contributed by atoms with Crippen molar-refractivity contribution in [3.63, 3.8) is 0 Å². The summed E-state index contributed by atoms with van der Waals surface area (Å²) >= 11 is 8.98. The summed E-state index contributed by atoms with van der Waals surface area (Å²) in [6, 6.07) is 19.0. The minimum absolute atomic E-state index is 0.0813. The van der Waals surface area contributed by atoms with E-state index >= 15 is 0 Å². The van der Waals surface area contributed by atoms with E-state index in [0.717, 1.165) is 32.7 Å². The van der Waals surface area contributed by atoms with Gasteiger partial charge >= 0.3 is 0 Å². The van der Waals surface area contributed by atoms with E-state index in [1.165, 1.54) is 11.8 Å². The van der Waals surface area contributed by atoms with Crippen molar-refractivity contribution in [2.75, 3.05) is 11.1 Å². The Morgan fingerprint density at radius 2 is 1.79 bits per heavy atom. The summed E-state index contributed by atoms with van der Waals surface area (Å²) in [6.07, 6.45) is 0.605. The molecule has 4 rings (SSSR count). The van der Waals surface area contributed by atoms with E-state index in [4.69, 9.17) is 21.6 Å². The van der Waals surface area contributed by atoms with Gasteiger partial charge in [0.1, 0.15) is 0 Å². The number of fused-ring (bicyclic) bond motifs is 1. The number of thiophene rings is 1. The van der Waals surface area contributed by atoms with Crippen LogP contribution in [0, 0.1) is 0 Å². The Balaban J connectivity index is 1.49. The van der Waals surface area contributed by atoms with E-state index in [1.54, 1.807) is 35.6 Å². The fourth-order valence-electron chi connectivity index (χ4n) is 2.70. The fraction of sp³-hybridized carbons (Fsp3) is 0.0952. The number of para-hydroxylation sites is 2. The summed E-state index contributed by atoms with van der Waals surface area (Å²) in [4.78, 5) is 23.0. The van der Waals surface area contributed by atoms with Crippen LogP contribution in [0.15, 0.2) is 76.0 Å². The smallest absolute Gasteiger partial charge is 0.234 e. The lowest BCUT2D eigenvalue weighted by Crippen LogP contribution is -2.16. The summed E-state index contributed by atoms with van der Waals surface area (Å²) in [7, 11) is 0. The molecule has 0 bridgehead atoms. The first-order valence-corrected chi connectivity index (χ1v) is 10.9. The van der Waals surface area contributed by atoms with Crippen molar-refractivity contribution >= 4 is 68.4 Å². The van der Waals surface area contributed by atoms with E-state index in [0.29, 0.717) is 11.4 Å². The second-order valence-corrected chi connectivity index (χ2v) is 8.48. The third-order valence-corrected chi connectivity index (χ3v) is 6.15. The molecule has 0 saturated carbocycles. The predicted octanol–water partition coefficient (Wildman–Crippen LogP) is 6.33. The molecular weight excluding hydrogens is 410 g/mol. The maximum absolute atomic E-state index is 12.3. The van der Waals surface area contributed by atoms with Crippen molar-refractivity contribution in [2.24, 2.45) is 9.98 Å². The van der Waals surface area contributed by atoms with Crippen molar-refractivity contribution in [1.82, 2.24) is 0 Å². The van der Waals surface area contributed by atoms with Gasteiger partial charge in [0.05, 0.1) is 27.9 Å². The molecule has 0 spiro atoms. The molecule has 3 aromatic rings. The Morgan fingerprint density at radius 1 is 1.04 bits per heavy atom. The topological polar surface area (TPSA) is 53.8 Å². The second-order valence-electron chi connectivity index (χ2n) is 6.05. The lowest BCUT2D eigenvalue weighted by atomic mass is 10.2. The summed E-state index contributed by atoms with van der Waals surface area (Å²) < 4.78 is 0. The highest BCUT2D eigenvalue weighted by atomic mass is 35.5.